The fraction of sp³-hybridized carbons (Fsp3) is 0.250. The van der Waals surface area contributed by atoms with Crippen molar-refractivity contribution in [3.05, 3.63) is 64.7 Å². The molecule has 2 aliphatic heterocycles. The van der Waals surface area contributed by atoms with Gasteiger partial charge >= 0.3 is 0 Å². The molecule has 2 heterocycles. The maximum Gasteiger partial charge on any atom is 0.258 e. The standard InChI is InChI=1S/C20H17ClN2O4/c1-2-23-18(26)15(16(24)19(23)27)20(11-6-4-3-5-7-11)17(25)13-10-12(21)8-9-14(13)22-20/h3-10,15-16,22,24H,2H2,1H3. The number of hydrogen-bond donors (Lipinski definition) is 2. The lowest BCUT2D eigenvalue weighted by molar-refractivity contribution is -0.140. The fourth-order valence-electron chi connectivity index (χ4n) is 4.05. The second-order valence-corrected chi connectivity index (χ2v) is 7.10. The van der Waals surface area contributed by atoms with Crippen LogP contribution < -0.4 is 5.32 Å². The number of carbonyl (C=O) groups is 3. The zero-order valence-corrected chi connectivity index (χ0v) is 15.2. The monoisotopic (exact) mass is 384 g/mol. The van der Waals surface area contributed by atoms with E-state index < -0.39 is 35.2 Å². The molecule has 0 spiro atoms. The summed E-state index contributed by atoms with van der Waals surface area (Å²) in [5, 5.41) is 14.2. The summed E-state index contributed by atoms with van der Waals surface area (Å²) in [6, 6.07) is 13.5. The molecule has 1 fully saturated rings. The first kappa shape index (κ1) is 17.7. The van der Waals surface area contributed by atoms with Crippen LogP contribution in [0.3, 0.4) is 0 Å². The molecule has 3 atom stereocenters. The summed E-state index contributed by atoms with van der Waals surface area (Å²) in [7, 11) is 0. The summed E-state index contributed by atoms with van der Waals surface area (Å²) in [6.07, 6.45) is -1.61. The van der Waals surface area contributed by atoms with Gasteiger partial charge in [0.05, 0.1) is 0 Å². The van der Waals surface area contributed by atoms with E-state index in [0.717, 1.165) is 4.90 Å². The Bertz CT molecular complexity index is 962. The number of fused-ring (bicyclic) bond motifs is 1. The van der Waals surface area contributed by atoms with Gasteiger partial charge in [0.2, 0.25) is 5.91 Å². The second-order valence-electron chi connectivity index (χ2n) is 6.66. The Kier molecular flexibility index (Phi) is 4.05. The van der Waals surface area contributed by atoms with Crippen LogP contribution in [0.25, 0.3) is 0 Å². The van der Waals surface area contributed by atoms with Crippen molar-refractivity contribution in [1.29, 1.82) is 0 Å². The van der Waals surface area contributed by atoms with Gasteiger partial charge in [0.1, 0.15) is 17.6 Å². The van der Waals surface area contributed by atoms with E-state index in [9.17, 15) is 19.5 Å². The van der Waals surface area contributed by atoms with Gasteiger partial charge in [-0.2, -0.15) is 0 Å². The molecular formula is C20H17ClN2O4. The van der Waals surface area contributed by atoms with Gasteiger partial charge in [-0.1, -0.05) is 41.9 Å². The largest absolute Gasteiger partial charge is 0.382 e. The van der Waals surface area contributed by atoms with Crippen molar-refractivity contribution in [2.24, 2.45) is 5.92 Å². The van der Waals surface area contributed by atoms with Gasteiger partial charge in [-0.15, -0.1) is 0 Å². The number of amides is 2. The van der Waals surface area contributed by atoms with E-state index in [2.05, 4.69) is 5.32 Å². The van der Waals surface area contributed by atoms with E-state index in [1.54, 1.807) is 49.4 Å². The average Bonchev–Trinajstić information content (AvgIpc) is 3.07. The molecule has 2 amide bonds. The molecule has 27 heavy (non-hydrogen) atoms. The Labute approximate surface area is 160 Å². The lowest BCUT2D eigenvalue weighted by Crippen LogP contribution is -2.52. The zero-order valence-electron chi connectivity index (χ0n) is 14.5. The average molecular weight is 385 g/mol. The first-order valence-corrected chi connectivity index (χ1v) is 9.01. The van der Waals surface area contributed by atoms with E-state index in [-0.39, 0.29) is 6.54 Å². The molecule has 0 aliphatic carbocycles. The first-order chi connectivity index (χ1) is 12.9. The Morgan fingerprint density at radius 1 is 1.11 bits per heavy atom. The molecule has 0 radical (unpaired) electrons. The van der Waals surface area contributed by atoms with E-state index >= 15 is 0 Å². The third-order valence-electron chi connectivity index (χ3n) is 5.29. The van der Waals surface area contributed by atoms with Crippen molar-refractivity contribution in [3.63, 3.8) is 0 Å². The quantitative estimate of drug-likeness (QED) is 0.792. The van der Waals surface area contributed by atoms with Crippen LogP contribution in [0.1, 0.15) is 22.8 Å². The van der Waals surface area contributed by atoms with E-state index in [4.69, 9.17) is 11.6 Å². The van der Waals surface area contributed by atoms with Crippen LogP contribution in [0.5, 0.6) is 0 Å². The van der Waals surface area contributed by atoms with Gasteiger partial charge in [-0.05, 0) is 30.7 Å². The maximum atomic E-state index is 13.5. The summed E-state index contributed by atoms with van der Waals surface area (Å²) < 4.78 is 0. The molecule has 2 aromatic carbocycles. The van der Waals surface area contributed by atoms with Crippen LogP contribution in [-0.2, 0) is 15.1 Å². The SMILES string of the molecule is CCN1C(=O)C(O)C(C2(c3ccccc3)Nc3ccc(Cl)cc3C2=O)C1=O. The molecule has 0 aromatic heterocycles. The third-order valence-corrected chi connectivity index (χ3v) is 5.53. The van der Waals surface area contributed by atoms with Gasteiger partial charge in [0.15, 0.2) is 5.78 Å². The number of imide groups is 1. The normalized spacial score (nSPS) is 27.1. The fourth-order valence-corrected chi connectivity index (χ4v) is 4.22. The molecule has 1 saturated heterocycles. The number of anilines is 1. The summed E-state index contributed by atoms with van der Waals surface area (Å²) in [5.74, 6) is -2.93. The highest BCUT2D eigenvalue weighted by molar-refractivity contribution is 6.31. The minimum Gasteiger partial charge on any atom is -0.382 e. The van der Waals surface area contributed by atoms with Gasteiger partial charge in [-0.3, -0.25) is 19.3 Å². The predicted octanol–water partition coefficient (Wildman–Crippen LogP) is 2.21. The van der Waals surface area contributed by atoms with Gasteiger partial charge in [0.25, 0.3) is 5.91 Å². The molecule has 138 valence electrons. The molecule has 3 unspecified atom stereocenters. The Morgan fingerprint density at radius 2 is 1.81 bits per heavy atom. The minimum atomic E-state index is -1.61. The Morgan fingerprint density at radius 3 is 2.44 bits per heavy atom. The molecule has 6 nitrogen and oxygen atoms in total. The number of halogens is 1. The van der Waals surface area contributed by atoms with Crippen LogP contribution in [0.15, 0.2) is 48.5 Å². The molecule has 2 aliphatic rings. The molecular weight excluding hydrogens is 368 g/mol. The first-order valence-electron chi connectivity index (χ1n) is 8.63. The third kappa shape index (κ3) is 2.33. The van der Waals surface area contributed by atoms with Gasteiger partial charge in [-0.25, -0.2) is 0 Å². The van der Waals surface area contributed by atoms with Crippen LogP contribution in [0, 0.1) is 5.92 Å². The van der Waals surface area contributed by atoms with Crippen molar-refractivity contribution in [1.82, 2.24) is 4.90 Å². The molecule has 0 saturated carbocycles. The predicted molar refractivity (Wildman–Crippen MR) is 99.4 cm³/mol. The van der Waals surface area contributed by atoms with Gasteiger partial charge < -0.3 is 10.4 Å². The molecule has 2 N–H and O–H groups in total. The Balaban J connectivity index is 1.95. The van der Waals surface area contributed by atoms with Crippen molar-refractivity contribution in [2.75, 3.05) is 11.9 Å². The van der Waals surface area contributed by atoms with Crippen molar-refractivity contribution in [2.45, 2.75) is 18.6 Å². The van der Waals surface area contributed by atoms with Crippen LogP contribution in [0.2, 0.25) is 5.02 Å². The number of aliphatic hydroxyl groups excluding tert-OH is 1. The highest BCUT2D eigenvalue weighted by Crippen LogP contribution is 2.48. The number of benzene rings is 2. The van der Waals surface area contributed by atoms with E-state index in [1.165, 1.54) is 6.07 Å². The zero-order chi connectivity index (χ0) is 19.3. The smallest absolute Gasteiger partial charge is 0.258 e. The van der Waals surface area contributed by atoms with E-state index in [1.807, 2.05) is 0 Å². The number of aliphatic hydroxyl groups is 1. The summed E-state index contributed by atoms with van der Waals surface area (Å²) >= 11 is 6.05. The Hall–Kier alpha value is -2.70. The number of likely N-dealkylation sites (tertiary alicyclic amines) is 1. The number of Topliss-reactive ketones (excluding diaryl/α,β-unsaturated/α-hetero) is 1. The highest BCUT2D eigenvalue weighted by Gasteiger charge is 2.63. The second kappa shape index (κ2) is 6.18. The minimum absolute atomic E-state index is 0.128. The van der Waals surface area contributed by atoms with Crippen molar-refractivity contribution < 1.29 is 19.5 Å². The number of nitrogens with zero attached hydrogens (tertiary/aromatic N) is 1. The van der Waals surface area contributed by atoms with Gasteiger partial charge in [0, 0.05) is 22.8 Å². The number of hydrogen-bond acceptors (Lipinski definition) is 5. The number of carbonyl (C=O) groups excluding carboxylic acids is 3. The van der Waals surface area contributed by atoms with Crippen molar-refractivity contribution in [3.8, 4) is 0 Å². The van der Waals surface area contributed by atoms with Crippen LogP contribution in [0.4, 0.5) is 5.69 Å². The lowest BCUT2D eigenvalue weighted by atomic mass is 9.73. The lowest BCUT2D eigenvalue weighted by Gasteiger charge is -2.34. The molecule has 4 rings (SSSR count). The maximum absolute atomic E-state index is 13.5. The summed E-state index contributed by atoms with van der Waals surface area (Å²) in [6.45, 7) is 1.78. The summed E-state index contributed by atoms with van der Waals surface area (Å²) in [4.78, 5) is 40.0. The number of likely N-dealkylation sites (N-methyl/N-ethyl adjacent to an activating group) is 1. The topological polar surface area (TPSA) is 86.7 Å². The van der Waals surface area contributed by atoms with Crippen LogP contribution in [-0.4, -0.2) is 40.3 Å². The molecule has 7 heteroatoms. The summed E-state index contributed by atoms with van der Waals surface area (Å²) in [5.41, 5.74) is -0.237. The highest BCUT2D eigenvalue weighted by atomic mass is 35.5. The number of ketones is 1. The molecule has 2 aromatic rings. The number of rotatable bonds is 3. The molecule has 0 bridgehead atoms. The van der Waals surface area contributed by atoms with Crippen LogP contribution >= 0.6 is 11.6 Å². The van der Waals surface area contributed by atoms with E-state index in [0.29, 0.717) is 21.8 Å². The van der Waals surface area contributed by atoms with Crippen molar-refractivity contribution >= 4 is 34.9 Å². The number of nitrogens with one attached hydrogen (secondary N) is 1.